The molecule has 1 N–H and O–H groups in total. The molecule has 1 amide bonds. The fourth-order valence-corrected chi connectivity index (χ4v) is 3.58. The molecule has 3 rings (SSSR count). The lowest BCUT2D eigenvalue weighted by Gasteiger charge is -2.08. The zero-order chi connectivity index (χ0) is 17.6. The first-order valence-corrected chi connectivity index (χ1v) is 9.50. The monoisotopic (exact) mass is 416 g/mol. The number of hydrogen-bond acceptors (Lipinski definition) is 4. The SMILES string of the molecule is Cc1cc(Br)ccc1SCC(=O)NCc1ccnc(-n2cccn2)c1. The van der Waals surface area contributed by atoms with E-state index in [0.29, 0.717) is 12.3 Å². The molecule has 0 fully saturated rings. The van der Waals surface area contributed by atoms with Crippen molar-refractivity contribution in [3.63, 3.8) is 0 Å². The van der Waals surface area contributed by atoms with Crippen molar-refractivity contribution in [3.8, 4) is 5.82 Å². The minimum atomic E-state index is 0.00442. The number of carbonyl (C=O) groups excluding carboxylic acids is 1. The summed E-state index contributed by atoms with van der Waals surface area (Å²) in [5.74, 6) is 1.13. The zero-order valence-corrected chi connectivity index (χ0v) is 16.0. The second-order valence-electron chi connectivity index (χ2n) is 5.45. The number of nitrogens with one attached hydrogen (secondary N) is 1. The molecule has 25 heavy (non-hydrogen) atoms. The number of aromatic nitrogens is 3. The summed E-state index contributed by atoms with van der Waals surface area (Å²) in [6.07, 6.45) is 5.26. The van der Waals surface area contributed by atoms with Crippen LogP contribution < -0.4 is 5.32 Å². The van der Waals surface area contributed by atoms with Gasteiger partial charge in [-0.05, 0) is 54.4 Å². The van der Waals surface area contributed by atoms with E-state index in [0.717, 1.165) is 26.3 Å². The van der Waals surface area contributed by atoms with E-state index in [1.54, 1.807) is 28.8 Å². The summed E-state index contributed by atoms with van der Waals surface area (Å²) in [6, 6.07) is 11.7. The summed E-state index contributed by atoms with van der Waals surface area (Å²) < 4.78 is 2.74. The lowest BCUT2D eigenvalue weighted by atomic mass is 10.2. The Morgan fingerprint density at radius 1 is 1.28 bits per heavy atom. The lowest BCUT2D eigenvalue weighted by Crippen LogP contribution is -2.24. The summed E-state index contributed by atoms with van der Waals surface area (Å²) in [5, 5.41) is 7.11. The molecule has 5 nitrogen and oxygen atoms in total. The average molecular weight is 417 g/mol. The molecule has 0 atom stereocenters. The standard InChI is InChI=1S/C18H17BrN4OS/c1-13-9-15(19)3-4-16(13)25-12-18(24)21-11-14-5-7-20-17(10-14)23-8-2-6-22-23/h2-10H,11-12H2,1H3,(H,21,24). The number of aryl methyl sites for hydroxylation is 1. The van der Waals surface area contributed by atoms with E-state index in [1.807, 2.05) is 49.5 Å². The number of halogens is 1. The maximum absolute atomic E-state index is 12.1. The third-order valence-electron chi connectivity index (χ3n) is 3.53. The van der Waals surface area contributed by atoms with Gasteiger partial charge >= 0.3 is 0 Å². The summed E-state index contributed by atoms with van der Waals surface area (Å²) in [7, 11) is 0. The fourth-order valence-electron chi connectivity index (χ4n) is 2.27. The average Bonchev–Trinajstić information content (AvgIpc) is 3.14. The Morgan fingerprint density at radius 2 is 2.16 bits per heavy atom. The van der Waals surface area contributed by atoms with Crippen LogP contribution in [0.3, 0.4) is 0 Å². The van der Waals surface area contributed by atoms with Crippen molar-refractivity contribution >= 4 is 33.6 Å². The summed E-state index contributed by atoms with van der Waals surface area (Å²) in [6.45, 7) is 2.51. The maximum atomic E-state index is 12.1. The van der Waals surface area contributed by atoms with Gasteiger partial charge in [0, 0.05) is 34.5 Å². The first kappa shape index (κ1) is 17.7. The van der Waals surface area contributed by atoms with Crippen LogP contribution >= 0.6 is 27.7 Å². The third-order valence-corrected chi connectivity index (χ3v) is 5.20. The number of pyridine rings is 1. The van der Waals surface area contributed by atoms with Gasteiger partial charge in [0.2, 0.25) is 5.91 Å². The van der Waals surface area contributed by atoms with Gasteiger partial charge in [-0.1, -0.05) is 15.9 Å². The molecule has 0 saturated heterocycles. The van der Waals surface area contributed by atoms with Crippen LogP contribution in [0.2, 0.25) is 0 Å². The second-order valence-corrected chi connectivity index (χ2v) is 7.38. The van der Waals surface area contributed by atoms with Crippen LogP contribution in [0.15, 0.2) is 64.4 Å². The molecule has 0 bridgehead atoms. The highest BCUT2D eigenvalue weighted by molar-refractivity contribution is 9.10. The van der Waals surface area contributed by atoms with Crippen LogP contribution in [0, 0.1) is 6.92 Å². The van der Waals surface area contributed by atoms with E-state index < -0.39 is 0 Å². The molecule has 0 saturated carbocycles. The van der Waals surface area contributed by atoms with Gasteiger partial charge in [-0.25, -0.2) is 9.67 Å². The van der Waals surface area contributed by atoms with Crippen LogP contribution in [0.25, 0.3) is 5.82 Å². The molecule has 0 aliphatic carbocycles. The smallest absolute Gasteiger partial charge is 0.230 e. The lowest BCUT2D eigenvalue weighted by molar-refractivity contribution is -0.118. The first-order valence-electron chi connectivity index (χ1n) is 7.72. The predicted molar refractivity (Wildman–Crippen MR) is 103 cm³/mol. The van der Waals surface area contributed by atoms with Gasteiger partial charge in [0.05, 0.1) is 5.75 Å². The van der Waals surface area contributed by atoms with E-state index in [1.165, 1.54) is 0 Å². The van der Waals surface area contributed by atoms with Crippen molar-refractivity contribution in [1.29, 1.82) is 0 Å². The van der Waals surface area contributed by atoms with Crippen LogP contribution in [0.5, 0.6) is 0 Å². The van der Waals surface area contributed by atoms with Gasteiger partial charge in [0.1, 0.15) is 0 Å². The van der Waals surface area contributed by atoms with E-state index in [-0.39, 0.29) is 5.91 Å². The van der Waals surface area contributed by atoms with Crippen LogP contribution in [-0.4, -0.2) is 26.4 Å². The van der Waals surface area contributed by atoms with Gasteiger partial charge in [-0.3, -0.25) is 4.79 Å². The third kappa shape index (κ3) is 4.93. The van der Waals surface area contributed by atoms with Gasteiger partial charge in [-0.15, -0.1) is 11.8 Å². The molecule has 2 aromatic heterocycles. The Hall–Kier alpha value is -2.12. The van der Waals surface area contributed by atoms with Crippen molar-refractivity contribution in [2.24, 2.45) is 0 Å². The molecule has 2 heterocycles. The Labute approximate surface area is 159 Å². The molecule has 0 aliphatic rings. The molecule has 128 valence electrons. The molecule has 0 radical (unpaired) electrons. The van der Waals surface area contributed by atoms with Crippen LogP contribution in [0.1, 0.15) is 11.1 Å². The van der Waals surface area contributed by atoms with Crippen molar-refractivity contribution in [2.45, 2.75) is 18.4 Å². The van der Waals surface area contributed by atoms with Crippen molar-refractivity contribution in [3.05, 3.63) is 70.6 Å². The predicted octanol–water partition coefficient (Wildman–Crippen LogP) is 3.75. The van der Waals surface area contributed by atoms with Crippen molar-refractivity contribution < 1.29 is 4.79 Å². The van der Waals surface area contributed by atoms with Gasteiger partial charge < -0.3 is 5.32 Å². The van der Waals surface area contributed by atoms with Gasteiger partial charge in [0.25, 0.3) is 0 Å². The highest BCUT2D eigenvalue weighted by atomic mass is 79.9. The first-order chi connectivity index (χ1) is 12.1. The molecule has 1 aromatic carbocycles. The summed E-state index contributed by atoms with van der Waals surface area (Å²) >= 11 is 4.99. The van der Waals surface area contributed by atoms with Crippen molar-refractivity contribution in [2.75, 3.05) is 5.75 Å². The number of carbonyl (C=O) groups is 1. The van der Waals surface area contributed by atoms with Crippen LogP contribution in [0.4, 0.5) is 0 Å². The highest BCUT2D eigenvalue weighted by Crippen LogP contribution is 2.25. The Balaban J connectivity index is 1.53. The Bertz CT molecular complexity index is 867. The van der Waals surface area contributed by atoms with Crippen molar-refractivity contribution in [1.82, 2.24) is 20.1 Å². The molecular weight excluding hydrogens is 400 g/mol. The number of rotatable bonds is 6. The molecule has 0 spiro atoms. The molecule has 3 aromatic rings. The van der Waals surface area contributed by atoms with E-state index in [4.69, 9.17) is 0 Å². The number of hydrogen-bond donors (Lipinski definition) is 1. The topological polar surface area (TPSA) is 59.8 Å². The van der Waals surface area contributed by atoms with E-state index in [9.17, 15) is 4.79 Å². The largest absolute Gasteiger partial charge is 0.351 e. The quantitative estimate of drug-likeness (QED) is 0.621. The minimum Gasteiger partial charge on any atom is -0.351 e. The van der Waals surface area contributed by atoms with E-state index in [2.05, 4.69) is 31.3 Å². The normalized spacial score (nSPS) is 10.6. The maximum Gasteiger partial charge on any atom is 0.230 e. The molecule has 0 aliphatic heterocycles. The summed E-state index contributed by atoms with van der Waals surface area (Å²) in [5.41, 5.74) is 2.14. The number of nitrogens with zero attached hydrogens (tertiary/aromatic N) is 3. The highest BCUT2D eigenvalue weighted by Gasteiger charge is 2.06. The molecular formula is C18H17BrN4OS. The fraction of sp³-hybridized carbons (Fsp3) is 0.167. The van der Waals surface area contributed by atoms with Gasteiger partial charge in [0.15, 0.2) is 5.82 Å². The van der Waals surface area contributed by atoms with E-state index >= 15 is 0 Å². The second kappa shape index (κ2) is 8.31. The number of benzene rings is 1. The Morgan fingerprint density at radius 3 is 2.92 bits per heavy atom. The van der Waals surface area contributed by atoms with Gasteiger partial charge in [-0.2, -0.15) is 5.10 Å². The Kier molecular flexibility index (Phi) is 5.88. The molecule has 7 heteroatoms. The van der Waals surface area contributed by atoms with Crippen LogP contribution in [-0.2, 0) is 11.3 Å². The number of thioether (sulfide) groups is 1. The number of amides is 1. The summed E-state index contributed by atoms with van der Waals surface area (Å²) in [4.78, 5) is 17.5. The molecule has 0 unspecified atom stereocenters. The zero-order valence-electron chi connectivity index (χ0n) is 13.6. The minimum absolute atomic E-state index is 0.00442.